The van der Waals surface area contributed by atoms with Gasteiger partial charge in [-0.3, -0.25) is 0 Å². The van der Waals surface area contributed by atoms with Crippen molar-refractivity contribution in [3.05, 3.63) is 12.3 Å². The summed E-state index contributed by atoms with van der Waals surface area (Å²) in [6.07, 6.45) is 4.98. The Morgan fingerprint density at radius 3 is 2.43 bits per heavy atom. The molecule has 0 aromatic heterocycles. The first-order chi connectivity index (χ1) is 3.30. The van der Waals surface area contributed by atoms with Gasteiger partial charge in [-0.05, 0) is 6.08 Å². The zero-order chi connectivity index (χ0) is 5.28. The molecule has 1 aliphatic rings. The van der Waals surface area contributed by atoms with Gasteiger partial charge >= 0.3 is 0 Å². The maximum absolute atomic E-state index is 3.05. The van der Waals surface area contributed by atoms with Crippen molar-refractivity contribution in [1.82, 2.24) is 10.0 Å². The molecule has 1 rings (SSSR count). The van der Waals surface area contributed by atoms with Crippen LogP contribution < -0.4 is 0 Å². The van der Waals surface area contributed by atoms with Crippen LogP contribution in [0, 0.1) is 6.08 Å². The van der Waals surface area contributed by atoms with E-state index >= 15 is 0 Å². The third-order valence-electron chi connectivity index (χ3n) is 1.14. The summed E-state index contributed by atoms with van der Waals surface area (Å²) in [4.78, 5) is 0. The molecule has 1 heterocycles. The molecule has 1 aliphatic heterocycles. The summed E-state index contributed by atoms with van der Waals surface area (Å²) >= 11 is 0. The largest absolute Gasteiger partial charge is 0.316 e. The van der Waals surface area contributed by atoms with Gasteiger partial charge in [0.2, 0.25) is 0 Å². The van der Waals surface area contributed by atoms with Crippen LogP contribution in [0.15, 0.2) is 6.20 Å². The molecule has 0 saturated carbocycles. The van der Waals surface area contributed by atoms with Crippen LogP contribution in [0.3, 0.4) is 0 Å². The van der Waals surface area contributed by atoms with Gasteiger partial charge in [0.15, 0.2) is 0 Å². The van der Waals surface area contributed by atoms with E-state index in [0.717, 1.165) is 6.54 Å². The fourth-order valence-corrected chi connectivity index (χ4v) is 0.515. The highest BCUT2D eigenvalue weighted by atomic mass is 15.6. The summed E-state index contributed by atoms with van der Waals surface area (Å²) in [5, 5.41) is 4.07. The molecule has 0 saturated heterocycles. The molecule has 0 aromatic rings. The molecule has 39 valence electrons. The fourth-order valence-electron chi connectivity index (χ4n) is 0.515. The molecule has 0 aliphatic carbocycles. The van der Waals surface area contributed by atoms with Crippen molar-refractivity contribution in [2.45, 2.75) is 0 Å². The van der Waals surface area contributed by atoms with E-state index in [1.165, 1.54) is 0 Å². The normalized spacial score (nSPS) is 21.7. The molecule has 1 radical (unpaired) electrons. The number of nitrogens with zero attached hydrogens (tertiary/aromatic N) is 2. The highest BCUT2D eigenvalue weighted by Gasteiger charge is 2.03. The first-order valence-electron chi connectivity index (χ1n) is 2.31. The second kappa shape index (κ2) is 1.54. The van der Waals surface area contributed by atoms with Crippen LogP contribution in [-0.4, -0.2) is 30.7 Å². The van der Waals surface area contributed by atoms with Crippen molar-refractivity contribution >= 4 is 0 Å². The van der Waals surface area contributed by atoms with Crippen molar-refractivity contribution < 1.29 is 0 Å². The third kappa shape index (κ3) is 0.747. The average Bonchev–Trinajstić information content (AvgIpc) is 1.91. The molecule has 0 N–H and O–H groups in total. The molecule has 7 heavy (non-hydrogen) atoms. The van der Waals surface area contributed by atoms with E-state index in [0.29, 0.717) is 0 Å². The second-order valence-corrected chi connectivity index (χ2v) is 1.72. The third-order valence-corrected chi connectivity index (χ3v) is 1.14. The van der Waals surface area contributed by atoms with Crippen LogP contribution >= 0.6 is 0 Å². The predicted molar refractivity (Wildman–Crippen MR) is 28.2 cm³/mol. The van der Waals surface area contributed by atoms with Crippen molar-refractivity contribution in [2.75, 3.05) is 20.6 Å². The van der Waals surface area contributed by atoms with Gasteiger partial charge in [-0.15, -0.1) is 0 Å². The van der Waals surface area contributed by atoms with Crippen molar-refractivity contribution in [3.63, 3.8) is 0 Å². The molecule has 0 unspecified atom stereocenters. The van der Waals surface area contributed by atoms with Gasteiger partial charge in [0, 0.05) is 26.8 Å². The molecule has 0 spiro atoms. The zero-order valence-corrected chi connectivity index (χ0v) is 4.68. The standard InChI is InChI=1S/C5H9N2/c1-6-4-3-5-7(6)2/h4H,5H2,1-2H3. The minimum atomic E-state index is 0.927. The van der Waals surface area contributed by atoms with Crippen molar-refractivity contribution in [1.29, 1.82) is 0 Å². The molecular formula is C5H9N2. The van der Waals surface area contributed by atoms with Gasteiger partial charge in [-0.1, -0.05) is 0 Å². The Morgan fingerprint density at radius 1 is 1.57 bits per heavy atom. The van der Waals surface area contributed by atoms with Gasteiger partial charge in [0.25, 0.3) is 0 Å². The Labute approximate surface area is 44.0 Å². The lowest BCUT2D eigenvalue weighted by atomic mass is 10.6. The summed E-state index contributed by atoms with van der Waals surface area (Å²) in [7, 11) is 4.02. The number of hydrogen-bond acceptors (Lipinski definition) is 2. The topological polar surface area (TPSA) is 6.48 Å². The summed E-state index contributed by atoms with van der Waals surface area (Å²) < 4.78 is 0. The Bertz CT molecular complexity index is 88.1. The van der Waals surface area contributed by atoms with Gasteiger partial charge in [0.1, 0.15) is 0 Å². The van der Waals surface area contributed by atoms with Gasteiger partial charge < -0.3 is 5.01 Å². The summed E-state index contributed by atoms with van der Waals surface area (Å²) in [6, 6.07) is 0. The lowest BCUT2D eigenvalue weighted by molar-refractivity contribution is 0.116. The molecule has 0 atom stereocenters. The maximum atomic E-state index is 3.05. The van der Waals surface area contributed by atoms with Crippen LogP contribution in [0.25, 0.3) is 0 Å². The molecule has 2 nitrogen and oxygen atoms in total. The summed E-state index contributed by atoms with van der Waals surface area (Å²) in [5.41, 5.74) is 0. The lowest BCUT2D eigenvalue weighted by Gasteiger charge is -2.18. The highest BCUT2D eigenvalue weighted by molar-refractivity contribution is 4.80. The molecule has 0 fully saturated rings. The predicted octanol–water partition coefficient (Wildman–Crippen LogP) is 0.0955. The Morgan fingerprint density at radius 2 is 2.29 bits per heavy atom. The lowest BCUT2D eigenvalue weighted by Crippen LogP contribution is -2.27. The second-order valence-electron chi connectivity index (χ2n) is 1.72. The fraction of sp³-hybridized carbons (Fsp3) is 0.600. The van der Waals surface area contributed by atoms with Crippen LogP contribution in [-0.2, 0) is 0 Å². The Kier molecular flexibility index (Phi) is 1.02. The van der Waals surface area contributed by atoms with Crippen LogP contribution in [0.2, 0.25) is 0 Å². The number of likely N-dealkylation sites (N-methyl/N-ethyl adjacent to an activating group) is 1. The first kappa shape index (κ1) is 4.65. The maximum Gasteiger partial charge on any atom is 0.0447 e. The molecule has 2 heteroatoms. The van der Waals surface area contributed by atoms with Crippen LogP contribution in [0.5, 0.6) is 0 Å². The minimum Gasteiger partial charge on any atom is -0.316 e. The SMILES string of the molecule is CN1C=[C]CN1C. The van der Waals surface area contributed by atoms with Crippen molar-refractivity contribution in [2.24, 2.45) is 0 Å². The monoisotopic (exact) mass is 97.1 g/mol. The van der Waals surface area contributed by atoms with E-state index in [2.05, 4.69) is 11.1 Å². The smallest absolute Gasteiger partial charge is 0.0447 e. The quantitative estimate of drug-likeness (QED) is 0.423. The zero-order valence-electron chi connectivity index (χ0n) is 4.68. The van der Waals surface area contributed by atoms with E-state index in [-0.39, 0.29) is 0 Å². The number of hydrazine groups is 1. The van der Waals surface area contributed by atoms with Gasteiger partial charge in [0.05, 0.1) is 0 Å². The van der Waals surface area contributed by atoms with E-state index in [1.807, 2.05) is 25.3 Å². The van der Waals surface area contributed by atoms with Crippen molar-refractivity contribution in [3.8, 4) is 0 Å². The first-order valence-corrected chi connectivity index (χ1v) is 2.31. The van der Waals surface area contributed by atoms with Gasteiger partial charge in [-0.2, -0.15) is 0 Å². The van der Waals surface area contributed by atoms with E-state index in [4.69, 9.17) is 0 Å². The van der Waals surface area contributed by atoms with E-state index in [9.17, 15) is 0 Å². The number of hydrogen-bond donors (Lipinski definition) is 0. The Hall–Kier alpha value is -0.500. The molecule has 0 aromatic carbocycles. The van der Waals surface area contributed by atoms with E-state index in [1.54, 1.807) is 0 Å². The molecule has 0 amide bonds. The van der Waals surface area contributed by atoms with Crippen LogP contribution in [0.1, 0.15) is 0 Å². The highest BCUT2D eigenvalue weighted by Crippen LogP contribution is 1.97. The molecular weight excluding hydrogens is 88.1 g/mol. The summed E-state index contributed by atoms with van der Waals surface area (Å²) in [6.45, 7) is 0.927. The van der Waals surface area contributed by atoms with Crippen LogP contribution in [0.4, 0.5) is 0 Å². The average molecular weight is 97.1 g/mol. The number of rotatable bonds is 0. The summed E-state index contributed by atoms with van der Waals surface area (Å²) in [5.74, 6) is 0. The van der Waals surface area contributed by atoms with E-state index < -0.39 is 0 Å². The Balaban J connectivity index is 2.45. The minimum absolute atomic E-state index is 0.927. The van der Waals surface area contributed by atoms with Gasteiger partial charge in [-0.25, -0.2) is 5.01 Å². The molecule has 0 bridgehead atoms.